The van der Waals surface area contributed by atoms with Crippen molar-refractivity contribution >= 4 is 12.1 Å². The number of ether oxygens (including phenoxy) is 1. The molecule has 3 aromatic rings. The molecule has 0 bridgehead atoms. The highest BCUT2D eigenvalue weighted by Crippen LogP contribution is 2.21. The average molecular weight is 337 g/mol. The van der Waals surface area contributed by atoms with Gasteiger partial charge in [0.25, 0.3) is 0 Å². The number of carbonyl (C=O) groups is 1. The van der Waals surface area contributed by atoms with Crippen LogP contribution < -0.4 is 10.2 Å². The summed E-state index contributed by atoms with van der Waals surface area (Å²) in [6.45, 7) is 4.03. The molecule has 0 radical (unpaired) electrons. The molecule has 0 atom stereocenters. The first-order chi connectivity index (χ1) is 12.1. The molecule has 3 rings (SSSR count). The van der Waals surface area contributed by atoms with Crippen LogP contribution in [-0.2, 0) is 0 Å². The van der Waals surface area contributed by atoms with Gasteiger partial charge in [0.2, 0.25) is 0 Å². The van der Waals surface area contributed by atoms with Crippen LogP contribution in [0.2, 0.25) is 0 Å². The lowest BCUT2D eigenvalue weighted by Crippen LogP contribution is -2.16. The molecule has 128 valence electrons. The summed E-state index contributed by atoms with van der Waals surface area (Å²) in [5, 5.41) is 4.02. The predicted molar refractivity (Wildman–Crippen MR) is 95.6 cm³/mol. The zero-order valence-electron chi connectivity index (χ0n) is 14.3. The minimum atomic E-state index is -0.384. The highest BCUT2D eigenvalue weighted by molar-refractivity contribution is 5.92. The van der Waals surface area contributed by atoms with Crippen molar-refractivity contribution in [3.05, 3.63) is 71.4 Å². The van der Waals surface area contributed by atoms with Crippen molar-refractivity contribution in [3.63, 3.8) is 0 Å². The summed E-state index contributed by atoms with van der Waals surface area (Å²) >= 11 is 0. The second kappa shape index (κ2) is 7.09. The van der Waals surface area contributed by atoms with E-state index in [2.05, 4.69) is 15.1 Å². The number of nitrogens with one attached hydrogen (secondary N) is 1. The van der Waals surface area contributed by atoms with E-state index in [9.17, 15) is 4.79 Å². The van der Waals surface area contributed by atoms with Gasteiger partial charge in [0.1, 0.15) is 5.75 Å². The largest absolute Gasteiger partial charge is 0.497 e. The Morgan fingerprint density at radius 1 is 1.24 bits per heavy atom. The van der Waals surface area contributed by atoms with E-state index >= 15 is 0 Å². The summed E-state index contributed by atoms with van der Waals surface area (Å²) in [6, 6.07) is 13.1. The second-order valence-corrected chi connectivity index (χ2v) is 5.54. The third kappa shape index (κ3) is 3.47. The minimum absolute atomic E-state index is 0.223. The Morgan fingerprint density at radius 2 is 2.00 bits per heavy atom. The topological polar surface area (TPSA) is 68.8 Å². The highest BCUT2D eigenvalue weighted by atomic mass is 16.5. The molecule has 0 saturated carbocycles. The van der Waals surface area contributed by atoms with Gasteiger partial charge in [0.15, 0.2) is 5.76 Å². The van der Waals surface area contributed by atoms with E-state index in [1.54, 1.807) is 25.5 Å². The lowest BCUT2D eigenvalue weighted by molar-refractivity contribution is 0.0927. The van der Waals surface area contributed by atoms with Crippen LogP contribution in [0.15, 0.2) is 58.2 Å². The monoisotopic (exact) mass is 337 g/mol. The molecule has 0 spiro atoms. The first-order valence-electron chi connectivity index (χ1n) is 7.80. The van der Waals surface area contributed by atoms with Crippen LogP contribution in [-0.4, -0.2) is 23.8 Å². The van der Waals surface area contributed by atoms with E-state index in [1.165, 1.54) is 6.26 Å². The van der Waals surface area contributed by atoms with Gasteiger partial charge in [-0.3, -0.25) is 4.79 Å². The van der Waals surface area contributed by atoms with E-state index in [1.807, 2.05) is 44.2 Å². The van der Waals surface area contributed by atoms with Crippen LogP contribution >= 0.6 is 0 Å². The van der Waals surface area contributed by atoms with Crippen LogP contribution in [0.25, 0.3) is 5.69 Å². The molecule has 0 unspecified atom stereocenters. The van der Waals surface area contributed by atoms with Crippen LogP contribution in [0.5, 0.6) is 5.75 Å². The number of aryl methyl sites for hydroxylation is 1. The molecule has 0 aliphatic heterocycles. The molecule has 6 heteroatoms. The Morgan fingerprint density at radius 3 is 2.64 bits per heavy atom. The van der Waals surface area contributed by atoms with Gasteiger partial charge in [-0.2, -0.15) is 5.10 Å². The summed E-state index contributed by atoms with van der Waals surface area (Å²) in [5.41, 5.74) is 6.51. The number of hydrogen-bond acceptors (Lipinski definition) is 4. The van der Waals surface area contributed by atoms with Crippen molar-refractivity contribution < 1.29 is 13.9 Å². The number of hydrazone groups is 1. The molecule has 1 N–H and O–H groups in total. The maximum atomic E-state index is 11.8. The standard InChI is InChI=1S/C19H19N3O3/c1-13-11-15(12-20-21-19(23)18-5-4-10-25-18)14(2)22(13)16-6-8-17(24-3)9-7-16/h4-12H,1-3H3,(H,21,23)/b20-12-. The van der Waals surface area contributed by atoms with Gasteiger partial charge in [0, 0.05) is 22.6 Å². The zero-order valence-corrected chi connectivity index (χ0v) is 14.3. The number of rotatable bonds is 5. The third-order valence-electron chi connectivity index (χ3n) is 3.92. The molecule has 2 heterocycles. The summed E-state index contributed by atoms with van der Waals surface area (Å²) in [4.78, 5) is 11.8. The van der Waals surface area contributed by atoms with Crippen LogP contribution in [0.4, 0.5) is 0 Å². The van der Waals surface area contributed by atoms with Gasteiger partial charge in [-0.15, -0.1) is 0 Å². The number of aromatic nitrogens is 1. The van der Waals surface area contributed by atoms with Crippen LogP contribution in [0, 0.1) is 13.8 Å². The van der Waals surface area contributed by atoms with E-state index in [0.29, 0.717) is 0 Å². The average Bonchev–Trinajstić information content (AvgIpc) is 3.24. The number of amides is 1. The van der Waals surface area contributed by atoms with Gasteiger partial charge in [-0.25, -0.2) is 5.43 Å². The zero-order chi connectivity index (χ0) is 17.8. The van der Waals surface area contributed by atoms with Crippen molar-refractivity contribution in [3.8, 4) is 11.4 Å². The number of furan rings is 1. The fourth-order valence-electron chi connectivity index (χ4n) is 2.67. The fourth-order valence-corrected chi connectivity index (χ4v) is 2.67. The summed E-state index contributed by atoms with van der Waals surface area (Å²) in [5.74, 6) is 0.653. The quantitative estimate of drug-likeness (QED) is 0.572. The molecule has 25 heavy (non-hydrogen) atoms. The Labute approximate surface area is 145 Å². The van der Waals surface area contributed by atoms with Crippen molar-refractivity contribution in [2.75, 3.05) is 7.11 Å². The Hall–Kier alpha value is -3.28. The summed E-state index contributed by atoms with van der Waals surface area (Å²) < 4.78 is 12.3. The molecule has 0 aliphatic rings. The molecule has 2 aromatic heterocycles. The number of hydrogen-bond donors (Lipinski definition) is 1. The fraction of sp³-hybridized carbons (Fsp3) is 0.158. The number of carbonyl (C=O) groups excluding carboxylic acids is 1. The first kappa shape index (κ1) is 16.6. The summed E-state index contributed by atoms with van der Waals surface area (Å²) in [7, 11) is 1.65. The third-order valence-corrected chi connectivity index (χ3v) is 3.92. The van der Waals surface area contributed by atoms with Crippen molar-refractivity contribution in [2.24, 2.45) is 5.10 Å². The van der Waals surface area contributed by atoms with E-state index in [-0.39, 0.29) is 11.7 Å². The van der Waals surface area contributed by atoms with Crippen LogP contribution in [0.3, 0.4) is 0 Å². The first-order valence-corrected chi connectivity index (χ1v) is 7.80. The van der Waals surface area contributed by atoms with Crippen LogP contribution in [0.1, 0.15) is 27.5 Å². The van der Waals surface area contributed by atoms with Crippen molar-refractivity contribution in [1.29, 1.82) is 0 Å². The van der Waals surface area contributed by atoms with Crippen molar-refractivity contribution in [2.45, 2.75) is 13.8 Å². The van der Waals surface area contributed by atoms with Gasteiger partial charge < -0.3 is 13.7 Å². The van der Waals surface area contributed by atoms with E-state index in [0.717, 1.165) is 28.4 Å². The molecular formula is C19H19N3O3. The number of benzene rings is 1. The molecular weight excluding hydrogens is 318 g/mol. The van der Waals surface area contributed by atoms with E-state index in [4.69, 9.17) is 9.15 Å². The second-order valence-electron chi connectivity index (χ2n) is 5.54. The Balaban J connectivity index is 1.79. The maximum Gasteiger partial charge on any atom is 0.307 e. The normalized spacial score (nSPS) is 11.0. The minimum Gasteiger partial charge on any atom is -0.497 e. The highest BCUT2D eigenvalue weighted by Gasteiger charge is 2.10. The number of nitrogens with zero attached hydrogens (tertiary/aromatic N) is 2. The lowest BCUT2D eigenvalue weighted by atomic mass is 10.2. The molecule has 0 fully saturated rings. The van der Waals surface area contributed by atoms with Crippen molar-refractivity contribution in [1.82, 2.24) is 9.99 Å². The smallest absolute Gasteiger partial charge is 0.307 e. The number of methoxy groups -OCH3 is 1. The maximum absolute atomic E-state index is 11.8. The van der Waals surface area contributed by atoms with E-state index < -0.39 is 0 Å². The van der Waals surface area contributed by atoms with Gasteiger partial charge in [-0.05, 0) is 56.3 Å². The molecule has 0 aliphatic carbocycles. The molecule has 1 aromatic carbocycles. The van der Waals surface area contributed by atoms with Gasteiger partial charge in [-0.1, -0.05) is 0 Å². The predicted octanol–water partition coefficient (Wildman–Crippen LogP) is 3.46. The molecule has 1 amide bonds. The van der Waals surface area contributed by atoms with Gasteiger partial charge >= 0.3 is 5.91 Å². The molecule has 0 saturated heterocycles. The lowest BCUT2D eigenvalue weighted by Gasteiger charge is -2.10. The molecule has 6 nitrogen and oxygen atoms in total. The Kier molecular flexibility index (Phi) is 4.70. The summed E-state index contributed by atoms with van der Waals surface area (Å²) in [6.07, 6.45) is 3.07. The van der Waals surface area contributed by atoms with Gasteiger partial charge in [0.05, 0.1) is 19.6 Å². The Bertz CT molecular complexity index is 891. The SMILES string of the molecule is COc1ccc(-n2c(C)cc(/C=N\NC(=O)c3ccco3)c2C)cc1.